The smallest absolute Gasteiger partial charge is 0.0923 e. The molecule has 0 radical (unpaired) electrons. The predicted molar refractivity (Wildman–Crippen MR) is 58.8 cm³/mol. The Balaban J connectivity index is 3.07. The summed E-state index contributed by atoms with van der Waals surface area (Å²) >= 11 is 0. The van der Waals surface area contributed by atoms with Crippen molar-refractivity contribution in [1.82, 2.24) is 0 Å². The second-order valence-electron chi connectivity index (χ2n) is 4.05. The maximum Gasteiger partial charge on any atom is 0.0923 e. The molecule has 0 aromatic heterocycles. The zero-order valence-electron chi connectivity index (χ0n) is 8.99. The van der Waals surface area contributed by atoms with Gasteiger partial charge >= 0.3 is 0 Å². The fourth-order valence-electron chi connectivity index (χ4n) is 1.35. The Bertz CT molecular complexity index is 314. The van der Waals surface area contributed by atoms with E-state index in [2.05, 4.69) is 25.9 Å². The molecule has 0 saturated heterocycles. The van der Waals surface area contributed by atoms with Gasteiger partial charge in [0.15, 0.2) is 0 Å². The monoisotopic (exact) mass is 191 g/mol. The summed E-state index contributed by atoms with van der Waals surface area (Å²) in [6.07, 6.45) is 0.946. The van der Waals surface area contributed by atoms with Crippen molar-refractivity contribution >= 4 is 5.71 Å². The Morgan fingerprint density at radius 1 is 1.29 bits per heavy atom. The highest BCUT2D eigenvalue weighted by Crippen LogP contribution is 2.26. The standard InChI is InChI=1S/C12H17NO/c1-4-12(2,3)11(13-14)10-8-6-5-7-9-10/h5-9,14H,4H2,1-3H3/b13-11+. The van der Waals surface area contributed by atoms with Gasteiger partial charge in [-0.2, -0.15) is 0 Å². The van der Waals surface area contributed by atoms with Crippen molar-refractivity contribution in [2.24, 2.45) is 10.6 Å². The highest BCUT2D eigenvalue weighted by atomic mass is 16.4. The van der Waals surface area contributed by atoms with E-state index < -0.39 is 0 Å². The van der Waals surface area contributed by atoms with E-state index in [0.717, 1.165) is 17.7 Å². The Labute approximate surface area is 85.3 Å². The van der Waals surface area contributed by atoms with Gasteiger partial charge in [-0.15, -0.1) is 0 Å². The summed E-state index contributed by atoms with van der Waals surface area (Å²) in [7, 11) is 0. The molecule has 0 aliphatic heterocycles. The number of benzene rings is 1. The van der Waals surface area contributed by atoms with Crippen molar-refractivity contribution in [1.29, 1.82) is 0 Å². The molecule has 0 amide bonds. The fourth-order valence-corrected chi connectivity index (χ4v) is 1.35. The molecular weight excluding hydrogens is 174 g/mol. The van der Waals surface area contributed by atoms with Gasteiger partial charge in [-0.05, 0) is 12.0 Å². The fraction of sp³-hybridized carbons (Fsp3) is 0.417. The molecule has 1 aromatic carbocycles. The quantitative estimate of drug-likeness (QED) is 0.444. The molecule has 1 aromatic rings. The van der Waals surface area contributed by atoms with Crippen molar-refractivity contribution in [2.45, 2.75) is 27.2 Å². The van der Waals surface area contributed by atoms with Crippen molar-refractivity contribution in [3.8, 4) is 0 Å². The largest absolute Gasteiger partial charge is 0.411 e. The molecule has 1 N–H and O–H groups in total. The van der Waals surface area contributed by atoms with Crippen LogP contribution in [0.3, 0.4) is 0 Å². The van der Waals surface area contributed by atoms with E-state index in [1.807, 2.05) is 30.3 Å². The molecule has 2 nitrogen and oxygen atoms in total. The normalized spacial score (nSPS) is 12.9. The molecule has 0 heterocycles. The minimum Gasteiger partial charge on any atom is -0.411 e. The van der Waals surface area contributed by atoms with Crippen molar-refractivity contribution in [2.75, 3.05) is 0 Å². The number of rotatable bonds is 3. The SMILES string of the molecule is CCC(C)(C)/C(=N/O)c1ccccc1. The molecule has 0 atom stereocenters. The lowest BCUT2D eigenvalue weighted by Crippen LogP contribution is -2.24. The van der Waals surface area contributed by atoms with Crippen LogP contribution in [0.15, 0.2) is 35.5 Å². The molecular formula is C12H17NO. The second-order valence-corrected chi connectivity index (χ2v) is 4.05. The first kappa shape index (κ1) is 10.8. The van der Waals surface area contributed by atoms with E-state index in [4.69, 9.17) is 5.21 Å². The van der Waals surface area contributed by atoms with Crippen LogP contribution < -0.4 is 0 Å². The molecule has 76 valence electrons. The van der Waals surface area contributed by atoms with Crippen LogP contribution in [0.2, 0.25) is 0 Å². The molecule has 0 saturated carbocycles. The van der Waals surface area contributed by atoms with Crippen LogP contribution in [0.1, 0.15) is 32.8 Å². The molecule has 0 fully saturated rings. The lowest BCUT2D eigenvalue weighted by Gasteiger charge is -2.23. The third kappa shape index (κ3) is 2.13. The first-order valence-corrected chi connectivity index (χ1v) is 4.89. The number of oxime groups is 1. The molecule has 1 rings (SSSR count). The van der Waals surface area contributed by atoms with Gasteiger partial charge in [0.1, 0.15) is 0 Å². The Morgan fingerprint density at radius 3 is 2.29 bits per heavy atom. The van der Waals surface area contributed by atoms with Crippen LogP contribution in [0.5, 0.6) is 0 Å². The molecule has 0 aliphatic carbocycles. The maximum atomic E-state index is 9.03. The topological polar surface area (TPSA) is 32.6 Å². The third-order valence-electron chi connectivity index (χ3n) is 2.67. The van der Waals surface area contributed by atoms with Gasteiger partial charge in [-0.25, -0.2) is 0 Å². The summed E-state index contributed by atoms with van der Waals surface area (Å²) in [6, 6.07) is 9.79. The van der Waals surface area contributed by atoms with Crippen molar-refractivity contribution in [3.63, 3.8) is 0 Å². The summed E-state index contributed by atoms with van der Waals surface area (Å²) in [6.45, 7) is 6.25. The van der Waals surface area contributed by atoms with Crippen LogP contribution in [0, 0.1) is 5.41 Å². The predicted octanol–water partition coefficient (Wildman–Crippen LogP) is 3.30. The number of hydrogen-bond donors (Lipinski definition) is 1. The van der Waals surface area contributed by atoms with Gasteiger partial charge in [-0.3, -0.25) is 0 Å². The summed E-state index contributed by atoms with van der Waals surface area (Å²) in [5.41, 5.74) is 1.65. The molecule has 0 spiro atoms. The van der Waals surface area contributed by atoms with E-state index in [1.54, 1.807) is 0 Å². The highest BCUT2D eigenvalue weighted by Gasteiger charge is 2.24. The van der Waals surface area contributed by atoms with Gasteiger partial charge in [0.05, 0.1) is 5.71 Å². The van der Waals surface area contributed by atoms with E-state index in [-0.39, 0.29) is 5.41 Å². The molecule has 0 unspecified atom stereocenters. The molecule has 0 aliphatic rings. The summed E-state index contributed by atoms with van der Waals surface area (Å²) in [5, 5.41) is 12.5. The maximum absolute atomic E-state index is 9.03. The van der Waals surface area contributed by atoms with Crippen LogP contribution in [-0.4, -0.2) is 10.9 Å². The van der Waals surface area contributed by atoms with Crippen LogP contribution in [0.4, 0.5) is 0 Å². The summed E-state index contributed by atoms with van der Waals surface area (Å²) < 4.78 is 0. The lowest BCUT2D eigenvalue weighted by atomic mass is 9.81. The summed E-state index contributed by atoms with van der Waals surface area (Å²) in [4.78, 5) is 0. The van der Waals surface area contributed by atoms with Gasteiger partial charge in [0.2, 0.25) is 0 Å². The average Bonchev–Trinajstić information content (AvgIpc) is 2.20. The first-order chi connectivity index (χ1) is 6.61. The van der Waals surface area contributed by atoms with Crippen molar-refractivity contribution < 1.29 is 5.21 Å². The van der Waals surface area contributed by atoms with E-state index in [9.17, 15) is 0 Å². The average molecular weight is 191 g/mol. The van der Waals surface area contributed by atoms with Crippen LogP contribution in [0.25, 0.3) is 0 Å². The lowest BCUT2D eigenvalue weighted by molar-refractivity contribution is 0.308. The second kappa shape index (κ2) is 4.27. The highest BCUT2D eigenvalue weighted by molar-refractivity contribution is 6.03. The minimum atomic E-state index is -0.0872. The third-order valence-corrected chi connectivity index (χ3v) is 2.67. The molecule has 0 bridgehead atoms. The minimum absolute atomic E-state index is 0.0872. The molecule has 14 heavy (non-hydrogen) atoms. The molecule has 2 heteroatoms. The van der Waals surface area contributed by atoms with Gasteiger partial charge in [-0.1, -0.05) is 56.3 Å². The van der Waals surface area contributed by atoms with Gasteiger partial charge in [0, 0.05) is 5.41 Å². The van der Waals surface area contributed by atoms with E-state index >= 15 is 0 Å². The van der Waals surface area contributed by atoms with Gasteiger partial charge in [0.25, 0.3) is 0 Å². The van der Waals surface area contributed by atoms with Crippen molar-refractivity contribution in [3.05, 3.63) is 35.9 Å². The zero-order chi connectivity index (χ0) is 10.6. The number of nitrogens with zero attached hydrogens (tertiary/aromatic N) is 1. The Kier molecular flexibility index (Phi) is 3.28. The Morgan fingerprint density at radius 2 is 1.86 bits per heavy atom. The van der Waals surface area contributed by atoms with Crippen LogP contribution in [-0.2, 0) is 0 Å². The van der Waals surface area contributed by atoms with E-state index in [1.165, 1.54) is 0 Å². The zero-order valence-corrected chi connectivity index (χ0v) is 8.99. The summed E-state index contributed by atoms with van der Waals surface area (Å²) in [5.74, 6) is 0. The van der Waals surface area contributed by atoms with Gasteiger partial charge < -0.3 is 5.21 Å². The first-order valence-electron chi connectivity index (χ1n) is 4.89. The van der Waals surface area contributed by atoms with Crippen LogP contribution >= 0.6 is 0 Å². The van der Waals surface area contributed by atoms with E-state index in [0.29, 0.717) is 0 Å². The number of hydrogen-bond acceptors (Lipinski definition) is 2. The Hall–Kier alpha value is -1.31.